The summed E-state index contributed by atoms with van der Waals surface area (Å²) in [4.78, 5) is 9.61. The van der Waals surface area contributed by atoms with E-state index < -0.39 is 41.0 Å². The molecular weight excluding hydrogens is 793 g/mol. The molecule has 0 spiro atoms. The number of rotatable bonds is 22. The lowest BCUT2D eigenvalue weighted by molar-refractivity contribution is -0.158. The maximum absolute atomic E-state index is 11.5. The van der Waals surface area contributed by atoms with E-state index in [0.717, 1.165) is 48.1 Å². The number of aromatic nitrogens is 2. The summed E-state index contributed by atoms with van der Waals surface area (Å²) in [6.07, 6.45) is 1.60. The Hall–Kier alpha value is -4.43. The van der Waals surface area contributed by atoms with E-state index in [1.807, 2.05) is 48.5 Å². The van der Waals surface area contributed by atoms with Gasteiger partial charge in [0.05, 0.1) is 24.6 Å². The van der Waals surface area contributed by atoms with Gasteiger partial charge in [-0.2, -0.15) is 0 Å². The van der Waals surface area contributed by atoms with E-state index in [-0.39, 0.29) is 18.0 Å². The highest BCUT2D eigenvalue weighted by Crippen LogP contribution is 2.45. The highest BCUT2D eigenvalue weighted by Gasteiger charge is 2.45. The zero-order valence-electron chi connectivity index (χ0n) is 34.4. The van der Waals surface area contributed by atoms with Gasteiger partial charge in [-0.15, -0.1) is 0 Å². The number of nitrogens with zero attached hydrogens (tertiary/aromatic N) is 3. The van der Waals surface area contributed by atoms with Gasteiger partial charge in [0.2, 0.25) is 16.0 Å². The minimum absolute atomic E-state index is 0.00253. The lowest BCUT2D eigenvalue weighted by Crippen LogP contribution is -2.57. The van der Waals surface area contributed by atoms with E-state index in [9.17, 15) is 28.8 Å². The van der Waals surface area contributed by atoms with Crippen LogP contribution in [0.4, 0.5) is 11.6 Å². The molecule has 1 saturated heterocycles. The van der Waals surface area contributed by atoms with Crippen LogP contribution < -0.4 is 24.8 Å². The van der Waals surface area contributed by atoms with Crippen molar-refractivity contribution in [1.82, 2.24) is 20.2 Å². The van der Waals surface area contributed by atoms with Crippen molar-refractivity contribution in [3.05, 3.63) is 107 Å². The topological polar surface area (TPSA) is 217 Å². The molecule has 2 aliphatic rings. The minimum atomic E-state index is -3.48. The zero-order chi connectivity index (χ0) is 42.7. The number of ether oxygens (including phenoxy) is 4. The molecule has 5 unspecified atom stereocenters. The third-order valence-corrected chi connectivity index (χ3v) is 11.2. The lowest BCUT2D eigenvalue weighted by atomic mass is 9.78. The van der Waals surface area contributed by atoms with Crippen LogP contribution in [0.25, 0.3) is 0 Å². The SMILES string of the molecule is CC(C)(c1ccc(OCCCOCCCOCCCNc2cccc3c2C(O)N(C2CCC(O)NC2O)C3O)cc1)c1ccc(OCc2ccnc(NS(C)(=O)=O)n2)cc1. The predicted molar refractivity (Wildman–Crippen MR) is 226 cm³/mol. The number of aliphatic hydroxyl groups excluding tert-OH is 4. The van der Waals surface area contributed by atoms with Crippen molar-refractivity contribution in [3.63, 3.8) is 0 Å². The first-order chi connectivity index (χ1) is 28.8. The van der Waals surface area contributed by atoms with Crippen molar-refractivity contribution in [1.29, 1.82) is 0 Å². The van der Waals surface area contributed by atoms with Crippen LogP contribution in [0.2, 0.25) is 0 Å². The van der Waals surface area contributed by atoms with Gasteiger partial charge in [-0.25, -0.2) is 23.3 Å². The van der Waals surface area contributed by atoms with E-state index in [0.29, 0.717) is 75.0 Å². The molecule has 3 aromatic carbocycles. The molecule has 16 nitrogen and oxygen atoms in total. The molecule has 0 saturated carbocycles. The van der Waals surface area contributed by atoms with Gasteiger partial charge in [-0.3, -0.25) is 10.0 Å². The molecule has 326 valence electrons. The fourth-order valence-electron chi connectivity index (χ4n) is 7.41. The van der Waals surface area contributed by atoms with Gasteiger partial charge in [-0.05, 0) is 73.2 Å². The van der Waals surface area contributed by atoms with Crippen molar-refractivity contribution >= 4 is 21.7 Å². The fourth-order valence-corrected chi connectivity index (χ4v) is 7.84. The molecule has 60 heavy (non-hydrogen) atoms. The molecule has 17 heteroatoms. The molecule has 0 bridgehead atoms. The zero-order valence-corrected chi connectivity index (χ0v) is 35.2. The Balaban J connectivity index is 0.811. The molecule has 7 N–H and O–H groups in total. The molecule has 2 aliphatic heterocycles. The highest BCUT2D eigenvalue weighted by molar-refractivity contribution is 7.92. The Bertz CT molecular complexity index is 2080. The Morgan fingerprint density at radius 3 is 2.08 bits per heavy atom. The van der Waals surface area contributed by atoms with Crippen LogP contribution >= 0.6 is 0 Å². The summed E-state index contributed by atoms with van der Waals surface area (Å²) < 4.78 is 48.6. The fraction of sp³-hybridized carbons (Fsp3) is 0.488. The number of nitrogens with one attached hydrogen (secondary N) is 3. The summed E-state index contributed by atoms with van der Waals surface area (Å²) in [6, 6.07) is 22.6. The first-order valence-electron chi connectivity index (χ1n) is 20.3. The van der Waals surface area contributed by atoms with Crippen LogP contribution in [0.15, 0.2) is 79.0 Å². The predicted octanol–water partition coefficient (Wildman–Crippen LogP) is 4.13. The van der Waals surface area contributed by atoms with Crippen LogP contribution in [-0.2, 0) is 31.5 Å². The second-order valence-corrected chi connectivity index (χ2v) is 17.3. The Morgan fingerprint density at radius 1 is 0.800 bits per heavy atom. The van der Waals surface area contributed by atoms with Crippen LogP contribution in [0, 0.1) is 0 Å². The van der Waals surface area contributed by atoms with E-state index in [4.69, 9.17) is 18.9 Å². The number of sulfonamides is 1. The molecule has 3 heterocycles. The van der Waals surface area contributed by atoms with Gasteiger partial charge in [0.25, 0.3) is 0 Å². The number of aliphatic hydroxyl groups is 4. The second-order valence-electron chi connectivity index (χ2n) is 15.5. The Labute approximate surface area is 351 Å². The highest BCUT2D eigenvalue weighted by atomic mass is 32.2. The van der Waals surface area contributed by atoms with Crippen LogP contribution in [0.5, 0.6) is 11.5 Å². The van der Waals surface area contributed by atoms with Crippen LogP contribution in [0.3, 0.4) is 0 Å². The molecule has 0 amide bonds. The third-order valence-electron chi connectivity index (χ3n) is 10.7. The smallest absolute Gasteiger partial charge is 0.236 e. The molecule has 0 aliphatic carbocycles. The largest absolute Gasteiger partial charge is 0.494 e. The standard InChI is InChI=1S/C43H58N6O10S/c1-43(2,30-12-16-33(17-13-30)59-28-31-20-22-45-42(46-31)48-60(3,54)55)29-10-14-32(15-11-29)58-27-7-26-57-25-6-24-56-23-5-21-44-35-9-4-8-34-38(35)41(53)49(40(34)52)36-18-19-37(50)47-39(36)51/h4,8-17,20,22,36-37,39-41,44,47,50-53H,5-7,18-19,21,23-28H2,1-3H3,(H,45,46,48). The van der Waals surface area contributed by atoms with Crippen LogP contribution in [-0.4, -0.2) is 108 Å². The summed E-state index contributed by atoms with van der Waals surface area (Å²) in [6.45, 7) is 7.99. The van der Waals surface area contributed by atoms with E-state index in [1.165, 1.54) is 11.1 Å². The quantitative estimate of drug-likeness (QED) is 0.0554. The van der Waals surface area contributed by atoms with Crippen molar-refractivity contribution < 1.29 is 47.8 Å². The number of benzene rings is 3. The summed E-state index contributed by atoms with van der Waals surface area (Å²) in [7, 11) is -3.48. The van der Waals surface area contributed by atoms with Crippen molar-refractivity contribution in [2.45, 2.75) is 88.9 Å². The molecular formula is C43H58N6O10S. The molecule has 4 aromatic rings. The molecule has 1 fully saturated rings. The van der Waals surface area contributed by atoms with Gasteiger partial charge >= 0.3 is 0 Å². The van der Waals surface area contributed by atoms with Crippen LogP contribution in [0.1, 0.15) is 86.4 Å². The first kappa shape index (κ1) is 45.1. The van der Waals surface area contributed by atoms with Gasteiger partial charge < -0.3 is 44.7 Å². The number of hydrogen-bond acceptors (Lipinski definition) is 15. The molecule has 6 rings (SSSR count). The van der Waals surface area contributed by atoms with Gasteiger partial charge in [0.15, 0.2) is 0 Å². The van der Waals surface area contributed by atoms with Crippen molar-refractivity contribution in [3.8, 4) is 11.5 Å². The normalized spacial score (nSPS) is 20.8. The number of piperidine rings is 1. The number of hydrogen-bond donors (Lipinski definition) is 7. The van der Waals surface area contributed by atoms with Gasteiger partial charge in [-0.1, -0.05) is 50.2 Å². The van der Waals surface area contributed by atoms with Crippen molar-refractivity contribution in [2.75, 3.05) is 55.9 Å². The summed E-state index contributed by atoms with van der Waals surface area (Å²) in [5.41, 5.74) is 4.46. The lowest BCUT2D eigenvalue weighted by Gasteiger charge is -2.40. The average molecular weight is 851 g/mol. The van der Waals surface area contributed by atoms with E-state index >= 15 is 0 Å². The molecule has 5 atom stereocenters. The Kier molecular flexibility index (Phi) is 15.7. The molecule has 1 aromatic heterocycles. The summed E-state index contributed by atoms with van der Waals surface area (Å²) in [5, 5.41) is 48.5. The monoisotopic (exact) mass is 850 g/mol. The van der Waals surface area contributed by atoms with Crippen molar-refractivity contribution in [2.24, 2.45) is 0 Å². The maximum Gasteiger partial charge on any atom is 0.236 e. The van der Waals surface area contributed by atoms with Gasteiger partial charge in [0.1, 0.15) is 43.0 Å². The average Bonchev–Trinajstić information content (AvgIpc) is 3.47. The van der Waals surface area contributed by atoms with E-state index in [2.05, 4.69) is 51.3 Å². The second kappa shape index (κ2) is 20.9. The minimum Gasteiger partial charge on any atom is -0.494 e. The van der Waals surface area contributed by atoms with Gasteiger partial charge in [0, 0.05) is 67.8 Å². The number of anilines is 2. The first-order valence-corrected chi connectivity index (χ1v) is 22.2. The maximum atomic E-state index is 11.5. The van der Waals surface area contributed by atoms with E-state index in [1.54, 1.807) is 12.1 Å². The Morgan fingerprint density at radius 2 is 1.43 bits per heavy atom. The summed E-state index contributed by atoms with van der Waals surface area (Å²) >= 11 is 0. The summed E-state index contributed by atoms with van der Waals surface area (Å²) in [5.74, 6) is 1.47. The molecule has 0 radical (unpaired) electrons. The number of fused-ring (bicyclic) bond motifs is 1. The third kappa shape index (κ3) is 12.1.